The van der Waals surface area contributed by atoms with Crippen molar-refractivity contribution in [3.05, 3.63) is 83.9 Å². The standard InChI is InChI=1S/C22H24N4S/c1-15(2)25-21(20(24-22(25)27)18-11-7-8-14-23-18)19-13-12-16(3)26(19)17-9-5-4-6-10-17/h4-15,20-21H,1-3H3,(H,24,27)/t20-,21-/m1/s1. The van der Waals surface area contributed by atoms with Gasteiger partial charge in [0.2, 0.25) is 0 Å². The van der Waals surface area contributed by atoms with Gasteiger partial charge in [-0.3, -0.25) is 4.98 Å². The zero-order valence-electron chi connectivity index (χ0n) is 15.8. The van der Waals surface area contributed by atoms with Gasteiger partial charge >= 0.3 is 0 Å². The molecule has 0 bridgehead atoms. The topological polar surface area (TPSA) is 33.1 Å². The predicted molar refractivity (Wildman–Crippen MR) is 113 cm³/mol. The smallest absolute Gasteiger partial charge is 0.170 e. The van der Waals surface area contributed by atoms with Crippen molar-refractivity contribution in [2.24, 2.45) is 0 Å². The van der Waals surface area contributed by atoms with Crippen LogP contribution < -0.4 is 5.32 Å². The van der Waals surface area contributed by atoms with Gasteiger partial charge < -0.3 is 14.8 Å². The SMILES string of the molecule is Cc1ccc([C@@H]2[C@@H](c3ccccn3)NC(=S)N2C(C)C)n1-c1ccccc1. The molecule has 1 aromatic carbocycles. The molecule has 2 atom stereocenters. The third-order valence-corrected chi connectivity index (χ3v) is 5.44. The molecule has 0 radical (unpaired) electrons. The number of nitrogens with one attached hydrogen (secondary N) is 1. The largest absolute Gasteiger partial charge is 0.352 e. The molecule has 1 N–H and O–H groups in total. The Kier molecular flexibility index (Phi) is 4.70. The Morgan fingerprint density at radius 3 is 2.41 bits per heavy atom. The molecule has 1 fully saturated rings. The van der Waals surface area contributed by atoms with E-state index in [0.29, 0.717) is 0 Å². The summed E-state index contributed by atoms with van der Waals surface area (Å²) in [6, 6.07) is 21.3. The molecule has 1 aliphatic rings. The summed E-state index contributed by atoms with van der Waals surface area (Å²) < 4.78 is 2.33. The maximum absolute atomic E-state index is 5.72. The van der Waals surface area contributed by atoms with E-state index in [1.54, 1.807) is 0 Å². The Balaban J connectivity index is 1.88. The van der Waals surface area contributed by atoms with Crippen LogP contribution in [0.3, 0.4) is 0 Å². The molecule has 0 aliphatic carbocycles. The number of rotatable bonds is 4. The predicted octanol–water partition coefficient (Wildman–Crippen LogP) is 4.56. The van der Waals surface area contributed by atoms with E-state index in [9.17, 15) is 0 Å². The second kappa shape index (κ2) is 7.16. The average Bonchev–Trinajstić information content (AvgIpc) is 3.22. The van der Waals surface area contributed by atoms with Crippen LogP contribution in [0.5, 0.6) is 0 Å². The lowest BCUT2D eigenvalue weighted by Crippen LogP contribution is -2.36. The fraction of sp³-hybridized carbons (Fsp3) is 0.273. The van der Waals surface area contributed by atoms with E-state index in [1.807, 2.05) is 24.4 Å². The highest BCUT2D eigenvalue weighted by molar-refractivity contribution is 7.80. The van der Waals surface area contributed by atoms with Crippen molar-refractivity contribution in [1.29, 1.82) is 0 Å². The van der Waals surface area contributed by atoms with Crippen LogP contribution >= 0.6 is 12.2 Å². The Bertz CT molecular complexity index is 933. The normalized spacial score (nSPS) is 19.6. The zero-order chi connectivity index (χ0) is 19.0. The molecule has 2 aromatic heterocycles. The van der Waals surface area contributed by atoms with Crippen LogP contribution in [0, 0.1) is 6.92 Å². The Labute approximate surface area is 165 Å². The van der Waals surface area contributed by atoms with Crippen LogP contribution in [0.1, 0.15) is 43.0 Å². The monoisotopic (exact) mass is 376 g/mol. The summed E-state index contributed by atoms with van der Waals surface area (Å²) >= 11 is 5.72. The third kappa shape index (κ3) is 3.12. The lowest BCUT2D eigenvalue weighted by atomic mass is 10.0. The van der Waals surface area contributed by atoms with E-state index in [0.717, 1.165) is 16.5 Å². The number of para-hydroxylation sites is 1. The van der Waals surface area contributed by atoms with E-state index in [4.69, 9.17) is 12.2 Å². The van der Waals surface area contributed by atoms with E-state index in [2.05, 4.69) is 83.0 Å². The number of pyridine rings is 1. The second-order valence-corrected chi connectivity index (χ2v) is 7.58. The minimum Gasteiger partial charge on any atom is -0.352 e. The van der Waals surface area contributed by atoms with E-state index < -0.39 is 0 Å². The fourth-order valence-corrected chi connectivity index (χ4v) is 4.41. The van der Waals surface area contributed by atoms with Crippen LogP contribution in [-0.4, -0.2) is 25.6 Å². The van der Waals surface area contributed by atoms with E-state index in [-0.39, 0.29) is 18.1 Å². The van der Waals surface area contributed by atoms with Crippen LogP contribution in [0.15, 0.2) is 66.9 Å². The summed E-state index contributed by atoms with van der Waals surface area (Å²) in [6.45, 7) is 6.52. The van der Waals surface area contributed by atoms with Gasteiger partial charge in [-0.05, 0) is 69.4 Å². The third-order valence-electron chi connectivity index (χ3n) is 5.12. The quantitative estimate of drug-likeness (QED) is 0.677. The zero-order valence-corrected chi connectivity index (χ0v) is 16.6. The molecule has 5 heteroatoms. The number of aryl methyl sites for hydroxylation is 1. The summed E-state index contributed by atoms with van der Waals surface area (Å²) in [5.74, 6) is 0. The molecule has 138 valence electrons. The molecule has 4 rings (SSSR count). The number of aromatic nitrogens is 2. The van der Waals surface area contributed by atoms with Gasteiger partial charge in [0, 0.05) is 29.3 Å². The first-order valence-electron chi connectivity index (χ1n) is 9.31. The van der Waals surface area contributed by atoms with Crippen molar-refractivity contribution in [2.45, 2.75) is 38.9 Å². The molecular weight excluding hydrogens is 352 g/mol. The van der Waals surface area contributed by atoms with Gasteiger partial charge in [-0.15, -0.1) is 0 Å². The molecule has 4 nitrogen and oxygen atoms in total. The molecule has 1 saturated heterocycles. The lowest BCUT2D eigenvalue weighted by Gasteiger charge is -2.32. The second-order valence-electron chi connectivity index (χ2n) is 7.20. The molecule has 0 unspecified atom stereocenters. The number of hydrogen-bond acceptors (Lipinski definition) is 2. The van der Waals surface area contributed by atoms with Crippen molar-refractivity contribution >= 4 is 17.3 Å². The minimum atomic E-state index is 0.0119. The van der Waals surface area contributed by atoms with Gasteiger partial charge in [0.25, 0.3) is 0 Å². The first-order valence-corrected chi connectivity index (χ1v) is 9.72. The van der Waals surface area contributed by atoms with Crippen molar-refractivity contribution in [3.8, 4) is 5.69 Å². The molecule has 3 aromatic rings. The Hall–Kier alpha value is -2.66. The Morgan fingerprint density at radius 1 is 1.00 bits per heavy atom. The lowest BCUT2D eigenvalue weighted by molar-refractivity contribution is 0.262. The van der Waals surface area contributed by atoms with Gasteiger partial charge in [0.1, 0.15) is 0 Å². The molecule has 3 heterocycles. The maximum Gasteiger partial charge on any atom is 0.170 e. The number of hydrogen-bond donors (Lipinski definition) is 1. The highest BCUT2D eigenvalue weighted by Gasteiger charge is 2.42. The summed E-state index contributed by atoms with van der Waals surface area (Å²) in [5.41, 5.74) is 4.59. The highest BCUT2D eigenvalue weighted by atomic mass is 32.1. The molecular formula is C22H24N4S. The van der Waals surface area contributed by atoms with Gasteiger partial charge in [0.05, 0.1) is 17.8 Å². The molecule has 0 amide bonds. The average molecular weight is 377 g/mol. The first kappa shape index (κ1) is 17.7. The van der Waals surface area contributed by atoms with Crippen molar-refractivity contribution in [3.63, 3.8) is 0 Å². The molecule has 1 aliphatic heterocycles. The van der Waals surface area contributed by atoms with Crippen LogP contribution in [0.25, 0.3) is 5.69 Å². The minimum absolute atomic E-state index is 0.0119. The van der Waals surface area contributed by atoms with Gasteiger partial charge in [0.15, 0.2) is 5.11 Å². The van der Waals surface area contributed by atoms with Crippen LogP contribution in [0.4, 0.5) is 0 Å². The summed E-state index contributed by atoms with van der Waals surface area (Å²) in [7, 11) is 0. The van der Waals surface area contributed by atoms with Crippen molar-refractivity contribution < 1.29 is 0 Å². The fourth-order valence-electron chi connectivity index (χ4n) is 3.96. The van der Waals surface area contributed by atoms with E-state index >= 15 is 0 Å². The summed E-state index contributed by atoms with van der Waals surface area (Å²) in [4.78, 5) is 6.91. The summed E-state index contributed by atoms with van der Waals surface area (Å²) in [6.07, 6.45) is 1.84. The van der Waals surface area contributed by atoms with Crippen molar-refractivity contribution in [1.82, 2.24) is 19.8 Å². The van der Waals surface area contributed by atoms with E-state index in [1.165, 1.54) is 11.4 Å². The maximum atomic E-state index is 5.72. The molecule has 27 heavy (non-hydrogen) atoms. The molecule has 0 saturated carbocycles. The number of benzene rings is 1. The van der Waals surface area contributed by atoms with Crippen molar-refractivity contribution in [2.75, 3.05) is 0 Å². The summed E-state index contributed by atoms with van der Waals surface area (Å²) in [5, 5.41) is 4.30. The Morgan fingerprint density at radius 2 is 1.74 bits per heavy atom. The highest BCUT2D eigenvalue weighted by Crippen LogP contribution is 2.41. The van der Waals surface area contributed by atoms with Gasteiger partial charge in [-0.25, -0.2) is 0 Å². The van der Waals surface area contributed by atoms with Crippen LogP contribution in [0.2, 0.25) is 0 Å². The number of thiocarbonyl (C=S) groups is 1. The van der Waals surface area contributed by atoms with Gasteiger partial charge in [-0.1, -0.05) is 24.3 Å². The van der Waals surface area contributed by atoms with Crippen LogP contribution in [-0.2, 0) is 0 Å². The van der Waals surface area contributed by atoms with Gasteiger partial charge in [-0.2, -0.15) is 0 Å². The number of nitrogens with zero attached hydrogens (tertiary/aromatic N) is 3. The molecule has 0 spiro atoms. The first-order chi connectivity index (χ1) is 13.1.